The zero-order valence-electron chi connectivity index (χ0n) is 30.8. The fraction of sp³-hybridized carbons (Fsp3) is 0.683. The van der Waals surface area contributed by atoms with Gasteiger partial charge in [-0.3, -0.25) is 4.79 Å². The number of phenolic OH excluding ortho intramolecular Hbond substituents is 2. The summed E-state index contributed by atoms with van der Waals surface area (Å²) < 4.78 is 0. The number of nitrogens with one attached hydrogen (secondary N) is 1. The van der Waals surface area contributed by atoms with Crippen LogP contribution < -0.4 is 5.32 Å². The monoisotopic (exact) mass is 619 g/mol. The van der Waals surface area contributed by atoms with Gasteiger partial charge in [-0.05, 0) is 99.5 Å². The van der Waals surface area contributed by atoms with Crippen LogP contribution in [0.2, 0.25) is 0 Å². The van der Waals surface area contributed by atoms with Gasteiger partial charge in [0.2, 0.25) is 5.91 Å². The average Bonchev–Trinajstić information content (AvgIpc) is 2.89. The van der Waals surface area contributed by atoms with E-state index in [1.165, 1.54) is 30.4 Å². The Morgan fingerprint density at radius 1 is 0.644 bits per heavy atom. The van der Waals surface area contributed by atoms with Gasteiger partial charge in [0, 0.05) is 12.5 Å². The van der Waals surface area contributed by atoms with Crippen molar-refractivity contribution in [1.82, 2.24) is 5.32 Å². The second kappa shape index (κ2) is 14.1. The molecule has 4 nitrogen and oxygen atoms in total. The molecular formula is C41H65NO3. The standard InChI is InChI=1S/C41H65NO3/c1-38(2,3)31-22-28(23-32(36(31)44)39(4,5)6)20-18-27(26-35(43)42-30-16-14-13-15-17-30)19-21-29-24-33(40(7,8)9)37(45)34(25-29)41(10,11)12/h22-25,27,30,44-45H,13-21,26H2,1-12H3,(H,42,43). The fourth-order valence-corrected chi connectivity index (χ4v) is 6.85. The van der Waals surface area contributed by atoms with Crippen molar-refractivity contribution in [3.63, 3.8) is 0 Å². The zero-order valence-corrected chi connectivity index (χ0v) is 30.8. The lowest BCUT2D eigenvalue weighted by atomic mass is 9.77. The number of carbonyl (C=O) groups excluding carboxylic acids is 1. The van der Waals surface area contributed by atoms with Crippen molar-refractivity contribution >= 4 is 5.91 Å². The summed E-state index contributed by atoms with van der Waals surface area (Å²) in [6, 6.07) is 9.07. The predicted octanol–water partition coefficient (Wildman–Crippen LogP) is 10.3. The Morgan fingerprint density at radius 3 is 1.29 bits per heavy atom. The molecule has 0 aromatic heterocycles. The molecule has 3 N–H and O–H groups in total. The van der Waals surface area contributed by atoms with Crippen LogP contribution in [0.4, 0.5) is 0 Å². The van der Waals surface area contributed by atoms with Crippen LogP contribution in [0.15, 0.2) is 24.3 Å². The Labute approximate surface area is 275 Å². The summed E-state index contributed by atoms with van der Waals surface area (Å²) >= 11 is 0. The SMILES string of the molecule is CC(C)(C)c1cc(CCC(CCc2cc(C(C)(C)C)c(O)c(C(C)(C)C)c2)CC(=O)NC2CCCCC2)cc(C(C)(C)C)c1O. The number of aromatic hydroxyl groups is 2. The predicted molar refractivity (Wildman–Crippen MR) is 191 cm³/mol. The number of hydrogen-bond donors (Lipinski definition) is 3. The molecule has 0 radical (unpaired) electrons. The Morgan fingerprint density at radius 2 is 0.978 bits per heavy atom. The molecule has 0 heterocycles. The first-order valence-corrected chi connectivity index (χ1v) is 17.6. The van der Waals surface area contributed by atoms with Crippen molar-refractivity contribution in [1.29, 1.82) is 0 Å². The van der Waals surface area contributed by atoms with Gasteiger partial charge in [0.1, 0.15) is 11.5 Å². The molecule has 1 aliphatic carbocycles. The molecule has 45 heavy (non-hydrogen) atoms. The molecule has 1 amide bonds. The minimum atomic E-state index is -0.173. The number of aryl methyl sites for hydroxylation is 2. The van der Waals surface area contributed by atoms with Gasteiger partial charge in [0.25, 0.3) is 0 Å². The Balaban J connectivity index is 1.91. The van der Waals surface area contributed by atoms with Crippen molar-refractivity contribution in [3.8, 4) is 11.5 Å². The van der Waals surface area contributed by atoms with E-state index in [9.17, 15) is 15.0 Å². The smallest absolute Gasteiger partial charge is 0.220 e. The van der Waals surface area contributed by atoms with Crippen molar-refractivity contribution in [2.75, 3.05) is 0 Å². The van der Waals surface area contributed by atoms with Crippen molar-refractivity contribution in [2.45, 2.75) is 175 Å². The third kappa shape index (κ3) is 10.2. The summed E-state index contributed by atoms with van der Waals surface area (Å²) in [7, 11) is 0. The molecule has 3 rings (SSSR count). The second-order valence-electron chi connectivity index (χ2n) is 18.1. The maximum absolute atomic E-state index is 13.4. The van der Waals surface area contributed by atoms with Crippen LogP contribution >= 0.6 is 0 Å². The van der Waals surface area contributed by atoms with Crippen LogP contribution in [0.3, 0.4) is 0 Å². The number of phenols is 2. The van der Waals surface area contributed by atoms with Crippen molar-refractivity contribution in [3.05, 3.63) is 57.6 Å². The summed E-state index contributed by atoms with van der Waals surface area (Å²) in [5.74, 6) is 1.24. The van der Waals surface area contributed by atoms with Gasteiger partial charge in [-0.1, -0.05) is 127 Å². The van der Waals surface area contributed by atoms with E-state index < -0.39 is 0 Å². The lowest BCUT2D eigenvalue weighted by Gasteiger charge is -2.29. The normalized spacial score (nSPS) is 15.5. The minimum absolute atomic E-state index is 0.173. The van der Waals surface area contributed by atoms with E-state index in [0.29, 0.717) is 24.0 Å². The van der Waals surface area contributed by atoms with Crippen LogP contribution in [0.5, 0.6) is 11.5 Å². The van der Waals surface area contributed by atoms with Crippen LogP contribution in [-0.2, 0) is 39.3 Å². The molecule has 0 bridgehead atoms. The maximum Gasteiger partial charge on any atom is 0.220 e. The first-order chi connectivity index (χ1) is 20.6. The minimum Gasteiger partial charge on any atom is -0.507 e. The third-order valence-corrected chi connectivity index (χ3v) is 9.70. The molecule has 0 aliphatic heterocycles. The summed E-state index contributed by atoms with van der Waals surface area (Å²) in [5, 5.41) is 25.9. The van der Waals surface area contributed by atoms with E-state index in [-0.39, 0.29) is 33.5 Å². The number of benzene rings is 2. The molecule has 0 atom stereocenters. The molecule has 2 aromatic carbocycles. The maximum atomic E-state index is 13.4. The molecule has 1 fully saturated rings. The highest BCUT2D eigenvalue weighted by molar-refractivity contribution is 5.76. The molecule has 2 aromatic rings. The number of hydrogen-bond acceptors (Lipinski definition) is 3. The third-order valence-electron chi connectivity index (χ3n) is 9.70. The highest BCUT2D eigenvalue weighted by Crippen LogP contribution is 2.42. The Kier molecular flexibility index (Phi) is 11.6. The molecule has 4 heteroatoms. The van der Waals surface area contributed by atoms with Crippen molar-refractivity contribution < 1.29 is 15.0 Å². The zero-order chi connectivity index (χ0) is 34.0. The Bertz CT molecular complexity index is 1150. The second-order valence-corrected chi connectivity index (χ2v) is 18.1. The lowest BCUT2D eigenvalue weighted by molar-refractivity contribution is -0.123. The van der Waals surface area contributed by atoms with Gasteiger partial charge in [-0.15, -0.1) is 0 Å². The first kappa shape index (κ1) is 37.0. The number of carbonyl (C=O) groups is 1. The van der Waals surface area contributed by atoms with E-state index >= 15 is 0 Å². The summed E-state index contributed by atoms with van der Waals surface area (Å²) in [4.78, 5) is 13.4. The molecule has 0 saturated heterocycles. The van der Waals surface area contributed by atoms with Crippen LogP contribution in [0.1, 0.15) is 168 Å². The molecule has 252 valence electrons. The van der Waals surface area contributed by atoms with Gasteiger partial charge in [0.15, 0.2) is 0 Å². The summed E-state index contributed by atoms with van der Waals surface area (Å²) in [6.45, 7) is 25.9. The summed E-state index contributed by atoms with van der Waals surface area (Å²) in [5.41, 5.74) is 5.73. The molecule has 1 saturated carbocycles. The fourth-order valence-electron chi connectivity index (χ4n) is 6.85. The van der Waals surface area contributed by atoms with Crippen LogP contribution in [0, 0.1) is 5.92 Å². The highest BCUT2D eigenvalue weighted by atomic mass is 16.3. The van der Waals surface area contributed by atoms with E-state index in [4.69, 9.17) is 0 Å². The average molecular weight is 620 g/mol. The van der Waals surface area contributed by atoms with Crippen molar-refractivity contribution in [2.24, 2.45) is 5.92 Å². The van der Waals surface area contributed by atoms with Gasteiger partial charge in [-0.2, -0.15) is 0 Å². The van der Waals surface area contributed by atoms with Gasteiger partial charge in [-0.25, -0.2) is 0 Å². The quantitative estimate of drug-likeness (QED) is 0.262. The number of amides is 1. The molecule has 0 spiro atoms. The van der Waals surface area contributed by atoms with E-state index in [2.05, 4.69) is 113 Å². The first-order valence-electron chi connectivity index (χ1n) is 17.6. The number of rotatable bonds is 9. The lowest BCUT2D eigenvalue weighted by Crippen LogP contribution is -2.37. The molecular weight excluding hydrogens is 554 g/mol. The van der Waals surface area contributed by atoms with Gasteiger partial charge in [0.05, 0.1) is 0 Å². The summed E-state index contributed by atoms with van der Waals surface area (Å²) in [6.07, 6.45) is 9.94. The Hall–Kier alpha value is -2.49. The van der Waals surface area contributed by atoms with Crippen LogP contribution in [0.25, 0.3) is 0 Å². The van der Waals surface area contributed by atoms with Gasteiger partial charge < -0.3 is 15.5 Å². The van der Waals surface area contributed by atoms with E-state index in [1.54, 1.807) is 0 Å². The topological polar surface area (TPSA) is 69.6 Å². The van der Waals surface area contributed by atoms with E-state index in [1.807, 2.05) is 0 Å². The highest BCUT2D eigenvalue weighted by Gasteiger charge is 2.29. The largest absolute Gasteiger partial charge is 0.507 e. The van der Waals surface area contributed by atoms with Gasteiger partial charge >= 0.3 is 0 Å². The van der Waals surface area contributed by atoms with E-state index in [0.717, 1.165) is 60.8 Å². The van der Waals surface area contributed by atoms with Crippen LogP contribution in [-0.4, -0.2) is 22.2 Å². The molecule has 1 aliphatic rings. The molecule has 0 unspecified atom stereocenters.